The van der Waals surface area contributed by atoms with Crippen molar-refractivity contribution in [1.29, 1.82) is 0 Å². The first kappa shape index (κ1) is 40.0. The lowest BCUT2D eigenvalue weighted by molar-refractivity contribution is -0.138. The summed E-state index contributed by atoms with van der Waals surface area (Å²) in [4.78, 5) is 20.6. The maximum Gasteiger partial charge on any atom is 0.303 e. The van der Waals surface area contributed by atoms with Crippen molar-refractivity contribution in [2.24, 2.45) is 0 Å². The molecule has 0 spiro atoms. The van der Waals surface area contributed by atoms with Crippen molar-refractivity contribution in [2.75, 3.05) is 0 Å². The minimum absolute atomic E-state index is 0.307. The Morgan fingerprint density at radius 1 is 0.400 bits per heavy atom. The van der Waals surface area contributed by atoms with Crippen LogP contribution in [0.15, 0.2) is 48.6 Å². The van der Waals surface area contributed by atoms with Crippen molar-refractivity contribution in [3.63, 3.8) is 0 Å². The first-order valence-electron chi connectivity index (χ1n) is 16.6. The number of allylic oxidation sites excluding steroid dienone is 8. The average molecular weight is 561 g/mol. The van der Waals surface area contributed by atoms with Crippen molar-refractivity contribution in [2.45, 2.75) is 168 Å². The van der Waals surface area contributed by atoms with Gasteiger partial charge >= 0.3 is 11.9 Å². The SMILES string of the molecule is CCCCCCC=CC=CCCCCCCCC(=O)O.CCCCCCCCC=CC=CCCCCCC(=O)O. The molecule has 0 aromatic heterocycles. The van der Waals surface area contributed by atoms with Gasteiger partial charge in [-0.25, -0.2) is 0 Å². The smallest absolute Gasteiger partial charge is 0.303 e. The van der Waals surface area contributed by atoms with Crippen LogP contribution in [0.25, 0.3) is 0 Å². The molecule has 0 aliphatic heterocycles. The van der Waals surface area contributed by atoms with E-state index in [1.54, 1.807) is 0 Å². The second-order valence-electron chi connectivity index (χ2n) is 10.8. The van der Waals surface area contributed by atoms with E-state index in [1.807, 2.05) is 0 Å². The summed E-state index contributed by atoms with van der Waals surface area (Å²) in [6, 6.07) is 0. The fraction of sp³-hybridized carbons (Fsp3) is 0.722. The molecule has 232 valence electrons. The topological polar surface area (TPSA) is 74.6 Å². The largest absolute Gasteiger partial charge is 0.481 e. The molecule has 0 fully saturated rings. The molecule has 0 rings (SSSR count). The number of carboxylic acid groups (broad SMARTS) is 2. The number of rotatable bonds is 28. The van der Waals surface area contributed by atoms with Gasteiger partial charge in [0.1, 0.15) is 0 Å². The molecular formula is C36H64O4. The van der Waals surface area contributed by atoms with Gasteiger partial charge in [-0.05, 0) is 64.2 Å². The fourth-order valence-corrected chi connectivity index (χ4v) is 4.21. The summed E-state index contributed by atoms with van der Waals surface area (Å²) in [6.07, 6.45) is 44.6. The molecule has 40 heavy (non-hydrogen) atoms. The molecular weight excluding hydrogens is 496 g/mol. The quantitative estimate of drug-likeness (QED) is 0.0737. The van der Waals surface area contributed by atoms with Crippen LogP contribution in [0.5, 0.6) is 0 Å². The van der Waals surface area contributed by atoms with Gasteiger partial charge in [-0.3, -0.25) is 9.59 Å². The lowest BCUT2D eigenvalue weighted by Gasteiger charge is -1.97. The molecule has 0 aliphatic rings. The minimum atomic E-state index is -0.682. The van der Waals surface area contributed by atoms with Crippen molar-refractivity contribution in [3.8, 4) is 0 Å². The standard InChI is InChI=1S/2C18H32O2/c2*1-2-3-4-5-6-7-8-9-10-11-12-13-14-15-16-17-18(19)20/h9-12H,2-8,13-17H2,1H3,(H,19,20);7-10H,2-6,11-17H2,1H3,(H,19,20). The van der Waals surface area contributed by atoms with Crippen LogP contribution in [0.2, 0.25) is 0 Å². The molecule has 0 radical (unpaired) electrons. The monoisotopic (exact) mass is 560 g/mol. The lowest BCUT2D eigenvalue weighted by atomic mass is 10.1. The van der Waals surface area contributed by atoms with Gasteiger partial charge < -0.3 is 10.2 Å². The Morgan fingerprint density at radius 3 is 0.975 bits per heavy atom. The summed E-state index contributed by atoms with van der Waals surface area (Å²) in [5.41, 5.74) is 0. The summed E-state index contributed by atoms with van der Waals surface area (Å²) in [5.74, 6) is -1.35. The molecule has 0 amide bonds. The van der Waals surface area contributed by atoms with E-state index < -0.39 is 11.9 Å². The summed E-state index contributed by atoms with van der Waals surface area (Å²) >= 11 is 0. The zero-order valence-corrected chi connectivity index (χ0v) is 26.3. The molecule has 4 nitrogen and oxygen atoms in total. The molecule has 0 bridgehead atoms. The first-order chi connectivity index (χ1) is 19.5. The van der Waals surface area contributed by atoms with E-state index in [0.29, 0.717) is 12.8 Å². The Labute approximate surface area is 248 Å². The van der Waals surface area contributed by atoms with E-state index in [1.165, 1.54) is 89.9 Å². The van der Waals surface area contributed by atoms with Crippen LogP contribution in [-0.2, 0) is 9.59 Å². The van der Waals surface area contributed by atoms with Crippen LogP contribution in [0.1, 0.15) is 168 Å². The zero-order chi connectivity index (χ0) is 29.8. The average Bonchev–Trinajstić information content (AvgIpc) is 2.93. The number of hydrogen-bond donors (Lipinski definition) is 2. The predicted octanol–water partition coefficient (Wildman–Crippen LogP) is 11.8. The maximum atomic E-state index is 10.3. The van der Waals surface area contributed by atoms with Gasteiger partial charge in [0.25, 0.3) is 0 Å². The lowest BCUT2D eigenvalue weighted by Crippen LogP contribution is -1.93. The van der Waals surface area contributed by atoms with Crippen molar-refractivity contribution in [3.05, 3.63) is 48.6 Å². The molecule has 0 saturated heterocycles. The van der Waals surface area contributed by atoms with E-state index in [2.05, 4.69) is 62.5 Å². The van der Waals surface area contributed by atoms with Crippen LogP contribution >= 0.6 is 0 Å². The molecule has 2 N–H and O–H groups in total. The first-order valence-corrected chi connectivity index (χ1v) is 16.6. The Morgan fingerprint density at radius 2 is 0.650 bits per heavy atom. The number of hydrogen-bond acceptors (Lipinski definition) is 2. The Hall–Kier alpha value is -2.10. The zero-order valence-electron chi connectivity index (χ0n) is 26.3. The normalized spacial score (nSPS) is 11.7. The molecule has 0 aliphatic carbocycles. The summed E-state index contributed by atoms with van der Waals surface area (Å²) in [6.45, 7) is 4.49. The van der Waals surface area contributed by atoms with Crippen molar-refractivity contribution < 1.29 is 19.8 Å². The minimum Gasteiger partial charge on any atom is -0.481 e. The highest BCUT2D eigenvalue weighted by atomic mass is 16.4. The van der Waals surface area contributed by atoms with Crippen molar-refractivity contribution >= 4 is 11.9 Å². The molecule has 0 saturated carbocycles. The second kappa shape index (κ2) is 36.9. The van der Waals surface area contributed by atoms with E-state index in [-0.39, 0.29) is 0 Å². The summed E-state index contributed by atoms with van der Waals surface area (Å²) in [7, 11) is 0. The molecule has 0 aromatic rings. The highest BCUT2D eigenvalue weighted by molar-refractivity contribution is 5.66. The van der Waals surface area contributed by atoms with Crippen LogP contribution < -0.4 is 0 Å². The van der Waals surface area contributed by atoms with Gasteiger partial charge in [0, 0.05) is 12.8 Å². The van der Waals surface area contributed by atoms with E-state index >= 15 is 0 Å². The second-order valence-corrected chi connectivity index (χ2v) is 10.8. The molecule has 4 heteroatoms. The number of aliphatic carboxylic acids is 2. The Bertz CT molecular complexity index is 645. The third kappa shape index (κ3) is 43.0. The van der Waals surface area contributed by atoms with Gasteiger partial charge in [0.15, 0.2) is 0 Å². The van der Waals surface area contributed by atoms with Gasteiger partial charge in [0.05, 0.1) is 0 Å². The van der Waals surface area contributed by atoms with Crippen LogP contribution in [0.3, 0.4) is 0 Å². The third-order valence-corrected chi connectivity index (χ3v) is 6.74. The molecule has 0 aromatic carbocycles. The van der Waals surface area contributed by atoms with E-state index in [0.717, 1.165) is 51.4 Å². The number of carboxylic acids is 2. The van der Waals surface area contributed by atoms with Crippen LogP contribution in [0, 0.1) is 0 Å². The van der Waals surface area contributed by atoms with E-state index in [4.69, 9.17) is 10.2 Å². The number of unbranched alkanes of at least 4 members (excludes halogenated alkanes) is 18. The Balaban J connectivity index is 0. The van der Waals surface area contributed by atoms with E-state index in [9.17, 15) is 9.59 Å². The summed E-state index contributed by atoms with van der Waals surface area (Å²) in [5, 5.41) is 17.0. The predicted molar refractivity (Wildman–Crippen MR) is 174 cm³/mol. The third-order valence-electron chi connectivity index (χ3n) is 6.74. The van der Waals surface area contributed by atoms with Gasteiger partial charge in [-0.2, -0.15) is 0 Å². The van der Waals surface area contributed by atoms with Crippen molar-refractivity contribution in [1.82, 2.24) is 0 Å². The van der Waals surface area contributed by atoms with Gasteiger partial charge in [-0.1, -0.05) is 140 Å². The molecule has 0 unspecified atom stereocenters. The van der Waals surface area contributed by atoms with Crippen LogP contribution in [-0.4, -0.2) is 22.2 Å². The highest BCUT2D eigenvalue weighted by Crippen LogP contribution is 2.09. The Kier molecular flexibility index (Phi) is 36.9. The summed E-state index contributed by atoms with van der Waals surface area (Å²) < 4.78 is 0. The van der Waals surface area contributed by atoms with Gasteiger partial charge in [0.2, 0.25) is 0 Å². The molecule has 0 heterocycles. The molecule has 0 atom stereocenters. The van der Waals surface area contributed by atoms with Gasteiger partial charge in [-0.15, -0.1) is 0 Å². The maximum absolute atomic E-state index is 10.3. The fourth-order valence-electron chi connectivity index (χ4n) is 4.21. The number of carbonyl (C=O) groups is 2. The highest BCUT2D eigenvalue weighted by Gasteiger charge is 1.96. The van der Waals surface area contributed by atoms with Crippen LogP contribution in [0.4, 0.5) is 0 Å².